The van der Waals surface area contributed by atoms with Crippen LogP contribution in [-0.2, 0) is 32.5 Å². The lowest BCUT2D eigenvalue weighted by atomic mass is 9.99. The minimum atomic E-state index is -3.87. The van der Waals surface area contributed by atoms with Crippen LogP contribution >= 0.6 is 22.9 Å². The Morgan fingerprint density at radius 1 is 1.11 bits per heavy atom. The second kappa shape index (κ2) is 9.58. The first kappa shape index (κ1) is 26.0. The Labute approximate surface area is 225 Å². The Bertz CT molecular complexity index is 1500. The quantitative estimate of drug-likeness (QED) is 0.487. The molecule has 2 amide bonds. The number of carbonyl (C=O) groups excluding carboxylic acids is 2. The fraction of sp³-hybridized carbons (Fsp3) is 0.385. The molecule has 0 saturated carbocycles. The van der Waals surface area contributed by atoms with Gasteiger partial charge in [-0.2, -0.15) is 4.72 Å². The molecule has 2 aliphatic rings. The summed E-state index contributed by atoms with van der Waals surface area (Å²) in [5, 5.41) is 1.32. The number of benzene rings is 2. The van der Waals surface area contributed by atoms with Crippen molar-refractivity contribution in [1.82, 2.24) is 9.62 Å². The van der Waals surface area contributed by atoms with Crippen LogP contribution in [0.1, 0.15) is 38.3 Å². The van der Waals surface area contributed by atoms with Crippen LogP contribution in [0, 0.1) is 0 Å². The fourth-order valence-corrected chi connectivity index (χ4v) is 7.51. The first-order valence-corrected chi connectivity index (χ1v) is 14.7. The zero-order valence-corrected chi connectivity index (χ0v) is 23.2. The maximum Gasteiger partial charge on any atom is 0.410 e. The van der Waals surface area contributed by atoms with Crippen molar-refractivity contribution in [2.75, 3.05) is 18.0 Å². The van der Waals surface area contributed by atoms with Crippen LogP contribution < -0.4 is 9.62 Å². The van der Waals surface area contributed by atoms with Gasteiger partial charge in [0.05, 0.1) is 0 Å². The minimum Gasteiger partial charge on any atom is -0.444 e. The lowest BCUT2D eigenvalue weighted by molar-refractivity contribution is -0.118. The van der Waals surface area contributed by atoms with E-state index < -0.39 is 21.7 Å². The molecular formula is C26H28ClN3O5S2. The van der Waals surface area contributed by atoms with Crippen LogP contribution in [0.4, 0.5) is 10.5 Å². The smallest absolute Gasteiger partial charge is 0.410 e. The van der Waals surface area contributed by atoms with E-state index in [9.17, 15) is 18.0 Å². The number of sulfonamides is 1. The van der Waals surface area contributed by atoms with Crippen LogP contribution in [0.25, 0.3) is 10.1 Å². The van der Waals surface area contributed by atoms with Gasteiger partial charge in [0.25, 0.3) is 10.0 Å². The fourth-order valence-electron chi connectivity index (χ4n) is 4.59. The Morgan fingerprint density at radius 2 is 1.89 bits per heavy atom. The molecule has 0 spiro atoms. The highest BCUT2D eigenvalue weighted by Crippen LogP contribution is 2.32. The SMILES string of the molecule is CC(C)(C)OC(=O)N1CCc2cc(N3CC[C@H](NS(=O)(=O)c4cc5ccc(Cl)cc5s4)C3=O)ccc2C1. The Hall–Kier alpha value is -2.66. The van der Waals surface area contributed by atoms with Crippen LogP contribution in [0.15, 0.2) is 46.7 Å². The number of nitrogens with one attached hydrogen (secondary N) is 1. The van der Waals surface area contributed by atoms with E-state index in [1.54, 1.807) is 34.1 Å². The van der Waals surface area contributed by atoms with Crippen LogP contribution in [-0.4, -0.2) is 50.1 Å². The lowest BCUT2D eigenvalue weighted by Crippen LogP contribution is -2.41. The van der Waals surface area contributed by atoms with Crippen molar-refractivity contribution in [1.29, 1.82) is 0 Å². The van der Waals surface area contributed by atoms with Gasteiger partial charge in [0.1, 0.15) is 15.9 Å². The van der Waals surface area contributed by atoms with E-state index in [2.05, 4.69) is 4.72 Å². The summed E-state index contributed by atoms with van der Waals surface area (Å²) in [7, 11) is -3.87. The average Bonchev–Trinajstić information content (AvgIpc) is 3.41. The third-order valence-electron chi connectivity index (χ3n) is 6.39. The average molecular weight is 562 g/mol. The molecule has 1 fully saturated rings. The summed E-state index contributed by atoms with van der Waals surface area (Å²) in [4.78, 5) is 28.9. The van der Waals surface area contributed by atoms with Gasteiger partial charge in [-0.1, -0.05) is 23.7 Å². The van der Waals surface area contributed by atoms with Crippen molar-refractivity contribution in [3.8, 4) is 0 Å². The molecule has 2 aliphatic heterocycles. The van der Waals surface area contributed by atoms with Gasteiger partial charge < -0.3 is 14.5 Å². The highest BCUT2D eigenvalue weighted by molar-refractivity contribution is 7.91. The third kappa shape index (κ3) is 5.47. The van der Waals surface area contributed by atoms with Crippen molar-refractivity contribution < 1.29 is 22.7 Å². The molecule has 1 N–H and O–H groups in total. The number of halogens is 1. The molecule has 1 atom stereocenters. The normalized spacial score (nSPS) is 18.4. The summed E-state index contributed by atoms with van der Waals surface area (Å²) >= 11 is 7.15. The standard InChI is InChI=1S/C26H28ClN3O5S2/c1-26(2,3)35-25(32)29-10-8-16-12-20(7-5-18(16)15-29)30-11-9-21(24(30)31)28-37(33,34)23-13-17-4-6-19(27)14-22(17)36-23/h4-7,12-14,21,28H,8-11,15H2,1-3H3/t21-/m0/s1. The molecule has 0 bridgehead atoms. The van der Waals surface area contributed by atoms with Crippen molar-refractivity contribution in [3.05, 3.63) is 58.6 Å². The molecule has 0 radical (unpaired) electrons. The molecule has 196 valence electrons. The second-order valence-electron chi connectivity index (χ2n) is 10.3. The molecule has 0 aliphatic carbocycles. The number of nitrogens with zero attached hydrogens (tertiary/aromatic N) is 2. The zero-order chi connectivity index (χ0) is 26.5. The number of carbonyl (C=O) groups is 2. The molecule has 37 heavy (non-hydrogen) atoms. The molecule has 3 aromatic rings. The van der Waals surface area contributed by atoms with E-state index in [0.29, 0.717) is 37.5 Å². The Balaban J connectivity index is 1.27. The summed E-state index contributed by atoms with van der Waals surface area (Å²) in [5.74, 6) is -0.279. The number of hydrogen-bond donors (Lipinski definition) is 1. The largest absolute Gasteiger partial charge is 0.444 e. The van der Waals surface area contributed by atoms with Crippen LogP contribution in [0.2, 0.25) is 5.02 Å². The molecule has 3 heterocycles. The van der Waals surface area contributed by atoms with Crippen molar-refractivity contribution >= 4 is 60.7 Å². The zero-order valence-electron chi connectivity index (χ0n) is 20.8. The van der Waals surface area contributed by atoms with E-state index in [0.717, 1.165) is 38.2 Å². The lowest BCUT2D eigenvalue weighted by Gasteiger charge is -2.31. The van der Waals surface area contributed by atoms with Crippen molar-refractivity contribution in [2.24, 2.45) is 0 Å². The monoisotopic (exact) mass is 561 g/mol. The molecule has 1 saturated heterocycles. The molecule has 2 aromatic carbocycles. The maximum atomic E-state index is 13.2. The molecule has 11 heteroatoms. The number of fused-ring (bicyclic) bond motifs is 2. The number of thiophene rings is 1. The van der Waals surface area contributed by atoms with Crippen molar-refractivity contribution in [2.45, 2.75) is 56.0 Å². The predicted molar refractivity (Wildman–Crippen MR) is 145 cm³/mol. The summed E-state index contributed by atoms with van der Waals surface area (Å²) in [6.07, 6.45) is 0.684. The molecule has 1 aromatic heterocycles. The van der Waals surface area contributed by atoms with Crippen LogP contribution in [0.5, 0.6) is 0 Å². The van der Waals surface area contributed by atoms with Gasteiger partial charge in [0, 0.05) is 35.0 Å². The highest BCUT2D eigenvalue weighted by Gasteiger charge is 2.36. The van der Waals surface area contributed by atoms with E-state index in [1.807, 2.05) is 39.0 Å². The minimum absolute atomic E-state index is 0.152. The molecule has 0 unspecified atom stereocenters. The van der Waals surface area contributed by atoms with Gasteiger partial charge in [-0.25, -0.2) is 13.2 Å². The van der Waals surface area contributed by atoms with Gasteiger partial charge in [-0.15, -0.1) is 11.3 Å². The topological polar surface area (TPSA) is 96.0 Å². The molecule has 5 rings (SSSR count). The first-order valence-electron chi connectivity index (χ1n) is 12.0. The maximum absolute atomic E-state index is 13.2. The summed E-state index contributed by atoms with van der Waals surface area (Å²) in [5.41, 5.74) is 2.25. The predicted octanol–water partition coefficient (Wildman–Crippen LogP) is 4.93. The first-order chi connectivity index (χ1) is 17.4. The molecular weight excluding hydrogens is 534 g/mol. The summed E-state index contributed by atoms with van der Waals surface area (Å²) < 4.78 is 35.1. The number of hydrogen-bond acceptors (Lipinski definition) is 6. The van der Waals surface area contributed by atoms with E-state index in [1.165, 1.54) is 0 Å². The number of anilines is 1. The van der Waals surface area contributed by atoms with E-state index in [4.69, 9.17) is 16.3 Å². The van der Waals surface area contributed by atoms with E-state index >= 15 is 0 Å². The Morgan fingerprint density at radius 3 is 2.65 bits per heavy atom. The van der Waals surface area contributed by atoms with Crippen LogP contribution in [0.3, 0.4) is 0 Å². The number of ether oxygens (including phenoxy) is 1. The van der Waals surface area contributed by atoms with Gasteiger partial charge in [-0.3, -0.25) is 4.79 Å². The highest BCUT2D eigenvalue weighted by atomic mass is 35.5. The Kier molecular flexibility index (Phi) is 6.72. The van der Waals surface area contributed by atoms with Gasteiger partial charge in [0.2, 0.25) is 5.91 Å². The number of amides is 2. The van der Waals surface area contributed by atoms with Gasteiger partial charge in [-0.05, 0) is 80.5 Å². The van der Waals surface area contributed by atoms with Crippen molar-refractivity contribution in [3.63, 3.8) is 0 Å². The van der Waals surface area contributed by atoms with Gasteiger partial charge >= 0.3 is 6.09 Å². The third-order valence-corrected chi connectivity index (χ3v) is 9.67. The van der Waals surface area contributed by atoms with Gasteiger partial charge in [0.15, 0.2) is 0 Å². The summed E-state index contributed by atoms with van der Waals surface area (Å²) in [6, 6.07) is 11.7. The molecule has 8 nitrogen and oxygen atoms in total. The van der Waals surface area contributed by atoms with E-state index in [-0.39, 0.29) is 16.2 Å². The summed E-state index contributed by atoms with van der Waals surface area (Å²) in [6.45, 7) is 6.91. The second-order valence-corrected chi connectivity index (χ2v) is 13.8. The number of rotatable bonds is 4.